The summed E-state index contributed by atoms with van der Waals surface area (Å²) in [6, 6.07) is 0. The third kappa shape index (κ3) is 2.74. The van der Waals surface area contributed by atoms with Crippen molar-refractivity contribution in [1.29, 1.82) is 0 Å². The van der Waals surface area contributed by atoms with Crippen molar-refractivity contribution in [1.82, 2.24) is 4.90 Å². The fourth-order valence-electron chi connectivity index (χ4n) is 3.01. The van der Waals surface area contributed by atoms with Crippen LogP contribution in [0.3, 0.4) is 0 Å². The average molecular weight is 317 g/mol. The van der Waals surface area contributed by atoms with Gasteiger partial charge in [-0.25, -0.2) is 0 Å². The van der Waals surface area contributed by atoms with Gasteiger partial charge < -0.3 is 15.8 Å². The normalized spacial score (nSPS) is 30.5. The molecule has 0 aromatic heterocycles. The Bertz CT molecular complexity index is 400. The van der Waals surface area contributed by atoms with Gasteiger partial charge in [0.05, 0.1) is 9.49 Å². The lowest BCUT2D eigenvalue weighted by Gasteiger charge is -2.41. The molecule has 2 fully saturated rings. The Hall–Kier alpha value is -0.560. The minimum atomic E-state index is -0.324. The van der Waals surface area contributed by atoms with E-state index in [1.807, 2.05) is 11.2 Å². The van der Waals surface area contributed by atoms with E-state index in [0.717, 1.165) is 31.4 Å². The maximum absolute atomic E-state index is 12.6. The van der Waals surface area contributed by atoms with Crippen LogP contribution in [0, 0.1) is 0 Å². The molecule has 0 radical (unpaired) electrons. The van der Waals surface area contributed by atoms with E-state index in [0.29, 0.717) is 13.1 Å². The summed E-state index contributed by atoms with van der Waals surface area (Å²) in [5.74, 6) is 1.61. The third-order valence-electron chi connectivity index (χ3n) is 4.49. The van der Waals surface area contributed by atoms with Crippen LogP contribution in [0.15, 0.2) is 5.16 Å². The predicted molar refractivity (Wildman–Crippen MR) is 85.6 cm³/mol. The summed E-state index contributed by atoms with van der Waals surface area (Å²) in [5, 5.41) is 12.1. The smallest absolute Gasteiger partial charge is 0.238 e. The molecule has 1 amide bonds. The number of oxime groups is 1. The number of carbonyl (C=O) groups is 1. The molecule has 1 atom stereocenters. The molecule has 0 aliphatic carbocycles. The van der Waals surface area contributed by atoms with Crippen molar-refractivity contribution in [3.05, 3.63) is 0 Å². The Balaban J connectivity index is 2.02. The Morgan fingerprint density at radius 2 is 2.05 bits per heavy atom. The lowest BCUT2D eigenvalue weighted by atomic mass is 9.93. The number of carbonyl (C=O) groups excluding carboxylic acids is 1. The molecule has 2 aliphatic rings. The molecule has 0 bridgehead atoms. The van der Waals surface area contributed by atoms with Gasteiger partial charge >= 0.3 is 0 Å². The number of likely N-dealkylation sites (tertiary alicyclic amines) is 1. The highest BCUT2D eigenvalue weighted by Gasteiger charge is 2.44. The minimum absolute atomic E-state index is 0.240. The molecule has 5 nitrogen and oxygen atoms in total. The van der Waals surface area contributed by atoms with Crippen LogP contribution in [-0.2, 0) is 4.79 Å². The van der Waals surface area contributed by atoms with E-state index in [2.05, 4.69) is 12.1 Å². The molecule has 7 heteroatoms. The van der Waals surface area contributed by atoms with Crippen molar-refractivity contribution in [2.75, 3.05) is 25.1 Å². The van der Waals surface area contributed by atoms with E-state index in [4.69, 9.17) is 10.9 Å². The van der Waals surface area contributed by atoms with Gasteiger partial charge in [0, 0.05) is 13.1 Å². The van der Waals surface area contributed by atoms with Gasteiger partial charge in [0.25, 0.3) is 0 Å². The Kier molecular flexibility index (Phi) is 4.79. The number of piperidine rings is 1. The van der Waals surface area contributed by atoms with Gasteiger partial charge in [-0.05, 0) is 44.6 Å². The molecule has 0 saturated carbocycles. The van der Waals surface area contributed by atoms with Crippen LogP contribution in [0.1, 0.15) is 32.6 Å². The van der Waals surface area contributed by atoms with E-state index in [1.165, 1.54) is 0 Å². The van der Waals surface area contributed by atoms with Gasteiger partial charge in [0.2, 0.25) is 5.91 Å². The number of nitrogens with zero attached hydrogens (tertiary/aromatic N) is 2. The van der Waals surface area contributed by atoms with Crippen molar-refractivity contribution in [2.45, 2.75) is 42.1 Å². The summed E-state index contributed by atoms with van der Waals surface area (Å²) in [6.07, 6.45) is 5.57. The first-order chi connectivity index (χ1) is 9.47. The summed E-state index contributed by atoms with van der Waals surface area (Å²) in [4.78, 5) is 14.6. The Morgan fingerprint density at radius 1 is 1.40 bits per heavy atom. The summed E-state index contributed by atoms with van der Waals surface area (Å²) in [7, 11) is 0. The van der Waals surface area contributed by atoms with E-state index >= 15 is 0 Å². The van der Waals surface area contributed by atoms with Gasteiger partial charge in [-0.3, -0.25) is 4.79 Å². The number of nitrogens with two attached hydrogens (primary N) is 1. The largest absolute Gasteiger partial charge is 0.409 e. The van der Waals surface area contributed by atoms with E-state index in [-0.39, 0.29) is 21.2 Å². The summed E-state index contributed by atoms with van der Waals surface area (Å²) in [6.45, 7) is 3.44. The molecule has 0 aromatic carbocycles. The van der Waals surface area contributed by atoms with Crippen LogP contribution in [0.4, 0.5) is 0 Å². The number of rotatable bonds is 3. The lowest BCUT2D eigenvalue weighted by Crippen LogP contribution is -2.54. The minimum Gasteiger partial charge on any atom is -0.409 e. The van der Waals surface area contributed by atoms with E-state index < -0.39 is 0 Å². The standard InChI is InChI=1S/C13H23N3O2S2/c1-12(4-3-9-20-12)11(17)16-7-5-13(19-2,6-8-16)10(14)15-18/h18H,3-9H2,1-2H3,(H2,14,15). The number of amidine groups is 1. The second-order valence-corrected chi connectivity index (χ2v) is 8.45. The van der Waals surface area contributed by atoms with Crippen LogP contribution in [0.25, 0.3) is 0 Å². The average Bonchev–Trinajstić information content (AvgIpc) is 2.93. The summed E-state index contributed by atoms with van der Waals surface area (Å²) in [5.41, 5.74) is 5.83. The topological polar surface area (TPSA) is 78.9 Å². The zero-order valence-electron chi connectivity index (χ0n) is 12.1. The highest BCUT2D eigenvalue weighted by molar-refractivity contribution is 8.01. The van der Waals surface area contributed by atoms with Crippen molar-refractivity contribution >= 4 is 35.3 Å². The molecule has 0 spiro atoms. The van der Waals surface area contributed by atoms with Crippen LogP contribution in [0.5, 0.6) is 0 Å². The number of hydrogen-bond acceptors (Lipinski definition) is 5. The quantitative estimate of drug-likeness (QED) is 0.359. The molecule has 20 heavy (non-hydrogen) atoms. The van der Waals surface area contributed by atoms with Gasteiger partial charge in [-0.15, -0.1) is 11.8 Å². The molecule has 2 rings (SSSR count). The SMILES string of the molecule is CSC1(C(N)=NO)CCN(C(=O)C2(C)CCCS2)CC1. The molecule has 0 aromatic rings. The number of amides is 1. The maximum atomic E-state index is 12.6. The number of thioether (sulfide) groups is 2. The van der Waals surface area contributed by atoms with Crippen LogP contribution >= 0.6 is 23.5 Å². The second-order valence-electron chi connectivity index (χ2n) is 5.66. The first-order valence-electron chi connectivity index (χ1n) is 6.94. The maximum Gasteiger partial charge on any atom is 0.238 e. The van der Waals surface area contributed by atoms with Gasteiger partial charge in [0.15, 0.2) is 5.84 Å². The first-order valence-corrected chi connectivity index (χ1v) is 9.15. The highest BCUT2D eigenvalue weighted by atomic mass is 32.2. The fourth-order valence-corrected chi connectivity index (χ4v) is 5.13. The van der Waals surface area contributed by atoms with Crippen molar-refractivity contribution in [3.63, 3.8) is 0 Å². The van der Waals surface area contributed by atoms with Gasteiger partial charge in [-0.2, -0.15) is 11.8 Å². The fraction of sp³-hybridized carbons (Fsp3) is 0.846. The molecular weight excluding hydrogens is 294 g/mol. The summed E-state index contributed by atoms with van der Waals surface area (Å²) < 4.78 is -0.564. The molecule has 2 heterocycles. The zero-order chi connectivity index (χ0) is 14.8. The zero-order valence-corrected chi connectivity index (χ0v) is 13.7. The van der Waals surface area contributed by atoms with E-state index in [1.54, 1.807) is 23.5 Å². The van der Waals surface area contributed by atoms with Gasteiger partial charge in [0.1, 0.15) is 0 Å². The van der Waals surface area contributed by atoms with Crippen LogP contribution in [0.2, 0.25) is 0 Å². The second kappa shape index (κ2) is 6.05. The molecule has 114 valence electrons. The van der Waals surface area contributed by atoms with Crippen molar-refractivity contribution in [3.8, 4) is 0 Å². The highest BCUT2D eigenvalue weighted by Crippen LogP contribution is 2.41. The Morgan fingerprint density at radius 3 is 2.50 bits per heavy atom. The predicted octanol–water partition coefficient (Wildman–Crippen LogP) is 1.74. The molecule has 1 unspecified atom stereocenters. The van der Waals surface area contributed by atoms with Crippen LogP contribution in [-0.4, -0.2) is 56.4 Å². The van der Waals surface area contributed by atoms with Crippen LogP contribution < -0.4 is 5.73 Å². The monoisotopic (exact) mass is 317 g/mol. The summed E-state index contributed by atoms with van der Waals surface area (Å²) >= 11 is 3.39. The van der Waals surface area contributed by atoms with Crippen molar-refractivity contribution < 1.29 is 10.0 Å². The van der Waals surface area contributed by atoms with Gasteiger partial charge in [-0.1, -0.05) is 5.16 Å². The van der Waals surface area contributed by atoms with Crippen molar-refractivity contribution in [2.24, 2.45) is 10.9 Å². The lowest BCUT2D eigenvalue weighted by molar-refractivity contribution is -0.134. The molecule has 3 N–H and O–H groups in total. The van der Waals surface area contributed by atoms with E-state index in [9.17, 15) is 4.79 Å². The Labute approximate surface area is 128 Å². The molecule has 2 aliphatic heterocycles. The first kappa shape index (κ1) is 15.8. The molecule has 2 saturated heterocycles. The molecular formula is C13H23N3O2S2. The number of hydrogen-bond donors (Lipinski definition) is 2. The third-order valence-corrected chi connectivity index (χ3v) is 7.40.